The highest BCUT2D eigenvalue weighted by molar-refractivity contribution is 7.71. The molecular weight excluding hydrogens is 285 g/mol. The highest BCUT2D eigenvalue weighted by atomic mass is 32.1. The van der Waals surface area contributed by atoms with Crippen LogP contribution in [0, 0.1) is 11.6 Å². The lowest BCUT2D eigenvalue weighted by Gasteiger charge is -2.11. The van der Waals surface area contributed by atoms with Gasteiger partial charge in [0.25, 0.3) is 0 Å². The van der Waals surface area contributed by atoms with Crippen molar-refractivity contribution in [3.05, 3.63) is 45.9 Å². The van der Waals surface area contributed by atoms with Gasteiger partial charge in [-0.05, 0) is 24.6 Å². The van der Waals surface area contributed by atoms with Crippen LogP contribution < -0.4 is 0 Å². The van der Waals surface area contributed by atoms with E-state index in [-0.39, 0.29) is 0 Å². The van der Waals surface area contributed by atoms with Crippen LogP contribution in [-0.4, -0.2) is 9.97 Å². The number of aromatic amines is 1. The van der Waals surface area contributed by atoms with Crippen LogP contribution in [0.3, 0.4) is 0 Å². The molecule has 0 saturated carbocycles. The van der Waals surface area contributed by atoms with Gasteiger partial charge in [-0.2, -0.15) is 13.2 Å². The number of nitrogens with one attached hydrogen (secondary N) is 1. The van der Waals surface area contributed by atoms with Crippen LogP contribution >= 0.6 is 12.2 Å². The molecule has 0 amide bonds. The molecule has 1 heterocycles. The van der Waals surface area contributed by atoms with E-state index in [1.807, 2.05) is 6.92 Å². The summed E-state index contributed by atoms with van der Waals surface area (Å²) in [6.07, 6.45) is -3.65. The molecule has 1 aromatic heterocycles. The van der Waals surface area contributed by atoms with Gasteiger partial charge in [0, 0.05) is 12.0 Å². The molecule has 1 aromatic carbocycles. The normalized spacial score (nSPS) is 11.7. The zero-order valence-electron chi connectivity index (χ0n) is 11.0. The second-order valence-corrected chi connectivity index (χ2v) is 4.80. The van der Waals surface area contributed by atoms with Gasteiger partial charge >= 0.3 is 6.18 Å². The molecule has 0 saturated heterocycles. The zero-order valence-corrected chi connectivity index (χ0v) is 11.8. The van der Waals surface area contributed by atoms with Gasteiger partial charge < -0.3 is 4.98 Å². The Hall–Kier alpha value is -1.69. The summed E-state index contributed by atoms with van der Waals surface area (Å²) in [4.78, 5) is 7.33. The molecular formula is C14H13F3N2S. The molecule has 6 heteroatoms. The number of benzene rings is 1. The fourth-order valence-corrected chi connectivity index (χ4v) is 2.07. The maximum Gasteiger partial charge on any atom is 0.416 e. The number of hydrogen-bond acceptors (Lipinski definition) is 2. The average molecular weight is 298 g/mol. The predicted molar refractivity (Wildman–Crippen MR) is 74.0 cm³/mol. The Morgan fingerprint density at radius 2 is 1.80 bits per heavy atom. The average Bonchev–Trinajstić information content (AvgIpc) is 2.41. The first kappa shape index (κ1) is 14.7. The third-order valence-corrected chi connectivity index (χ3v) is 3.43. The molecule has 2 aromatic rings. The van der Waals surface area contributed by atoms with Crippen LogP contribution in [0.15, 0.2) is 24.3 Å². The Balaban J connectivity index is 2.52. The minimum absolute atomic E-state index is 0.468. The van der Waals surface area contributed by atoms with Crippen LogP contribution in [0.5, 0.6) is 0 Å². The molecule has 20 heavy (non-hydrogen) atoms. The van der Waals surface area contributed by atoms with E-state index in [2.05, 4.69) is 9.97 Å². The topological polar surface area (TPSA) is 28.7 Å². The number of halogens is 3. The van der Waals surface area contributed by atoms with Crippen LogP contribution in [0.25, 0.3) is 11.3 Å². The van der Waals surface area contributed by atoms with Gasteiger partial charge in [0.15, 0.2) is 0 Å². The number of H-pyrrole nitrogens is 1. The van der Waals surface area contributed by atoms with Crippen molar-refractivity contribution < 1.29 is 13.2 Å². The van der Waals surface area contributed by atoms with Gasteiger partial charge in [-0.3, -0.25) is 0 Å². The number of rotatable bonds is 2. The van der Waals surface area contributed by atoms with Crippen LogP contribution in [-0.2, 0) is 12.6 Å². The SMILES string of the molecule is CCc1nc(=S)c(C)c(-c2ccc(C(F)(F)F)cc2)[nH]1. The second kappa shape index (κ2) is 5.36. The minimum Gasteiger partial charge on any atom is -0.343 e. The predicted octanol–water partition coefficient (Wildman–Crippen LogP) is 4.70. The lowest BCUT2D eigenvalue weighted by molar-refractivity contribution is -0.137. The van der Waals surface area contributed by atoms with E-state index < -0.39 is 11.7 Å². The van der Waals surface area contributed by atoms with Gasteiger partial charge in [-0.15, -0.1) is 0 Å². The fraction of sp³-hybridized carbons (Fsp3) is 0.286. The quantitative estimate of drug-likeness (QED) is 0.814. The number of alkyl halides is 3. The molecule has 0 spiro atoms. The highest BCUT2D eigenvalue weighted by Crippen LogP contribution is 2.31. The van der Waals surface area contributed by atoms with Crippen molar-refractivity contribution in [2.75, 3.05) is 0 Å². The highest BCUT2D eigenvalue weighted by Gasteiger charge is 2.30. The summed E-state index contributed by atoms with van der Waals surface area (Å²) >= 11 is 5.17. The van der Waals surface area contributed by atoms with E-state index >= 15 is 0 Å². The van der Waals surface area contributed by atoms with Crippen molar-refractivity contribution >= 4 is 12.2 Å². The molecule has 0 aliphatic rings. The maximum absolute atomic E-state index is 12.5. The monoisotopic (exact) mass is 298 g/mol. The third-order valence-electron chi connectivity index (χ3n) is 3.04. The van der Waals surface area contributed by atoms with Gasteiger partial charge in [0.1, 0.15) is 10.5 Å². The summed E-state index contributed by atoms with van der Waals surface area (Å²) in [6.45, 7) is 3.73. The summed E-state index contributed by atoms with van der Waals surface area (Å²) in [6, 6.07) is 5.02. The molecule has 0 aliphatic carbocycles. The Morgan fingerprint density at radius 3 is 2.30 bits per heavy atom. The van der Waals surface area contributed by atoms with Crippen molar-refractivity contribution in [3.8, 4) is 11.3 Å². The van der Waals surface area contributed by atoms with E-state index in [1.165, 1.54) is 12.1 Å². The third kappa shape index (κ3) is 2.90. The van der Waals surface area contributed by atoms with Crippen molar-refractivity contribution in [1.82, 2.24) is 9.97 Å². The van der Waals surface area contributed by atoms with Gasteiger partial charge in [-0.25, -0.2) is 4.98 Å². The lowest BCUT2D eigenvalue weighted by Crippen LogP contribution is -2.04. The number of aryl methyl sites for hydroxylation is 1. The standard InChI is InChI=1S/C14H13F3N2S/c1-3-11-18-12(8(2)13(20)19-11)9-4-6-10(7-5-9)14(15,16)17/h4-7H,3H2,1-2H3,(H,18,19,20). The lowest BCUT2D eigenvalue weighted by atomic mass is 10.1. The van der Waals surface area contributed by atoms with Crippen molar-refractivity contribution in [3.63, 3.8) is 0 Å². The fourth-order valence-electron chi connectivity index (χ4n) is 1.86. The molecule has 106 valence electrons. The zero-order chi connectivity index (χ0) is 14.9. The molecule has 0 bridgehead atoms. The molecule has 0 atom stereocenters. The van der Waals surface area contributed by atoms with E-state index in [1.54, 1.807) is 6.92 Å². The van der Waals surface area contributed by atoms with Crippen LogP contribution in [0.4, 0.5) is 13.2 Å². The van der Waals surface area contributed by atoms with Gasteiger partial charge in [0.05, 0.1) is 11.3 Å². The summed E-state index contributed by atoms with van der Waals surface area (Å²) < 4.78 is 38.1. The van der Waals surface area contributed by atoms with Crippen molar-refractivity contribution in [1.29, 1.82) is 0 Å². The summed E-state index contributed by atoms with van der Waals surface area (Å²) in [5.74, 6) is 0.718. The Labute approximate surface area is 119 Å². The number of hydrogen-bond donors (Lipinski definition) is 1. The summed E-state index contributed by atoms with van der Waals surface area (Å²) in [7, 11) is 0. The Kier molecular flexibility index (Phi) is 3.94. The van der Waals surface area contributed by atoms with Crippen molar-refractivity contribution in [2.45, 2.75) is 26.4 Å². The molecule has 1 N–H and O–H groups in total. The second-order valence-electron chi connectivity index (χ2n) is 4.42. The van der Waals surface area contributed by atoms with E-state index in [0.29, 0.717) is 16.6 Å². The summed E-state index contributed by atoms with van der Waals surface area (Å²) in [5, 5.41) is 0. The van der Waals surface area contributed by atoms with E-state index in [4.69, 9.17) is 12.2 Å². The summed E-state index contributed by atoms with van der Waals surface area (Å²) in [5.41, 5.74) is 1.48. The number of aromatic nitrogens is 2. The number of nitrogens with zero attached hydrogens (tertiary/aromatic N) is 1. The first-order chi connectivity index (χ1) is 9.32. The smallest absolute Gasteiger partial charge is 0.343 e. The molecule has 2 nitrogen and oxygen atoms in total. The van der Waals surface area contributed by atoms with E-state index in [0.717, 1.165) is 29.2 Å². The van der Waals surface area contributed by atoms with Gasteiger partial charge in [0.2, 0.25) is 0 Å². The first-order valence-electron chi connectivity index (χ1n) is 6.10. The van der Waals surface area contributed by atoms with Crippen LogP contribution in [0.1, 0.15) is 23.9 Å². The molecule has 0 unspecified atom stereocenters. The largest absolute Gasteiger partial charge is 0.416 e. The van der Waals surface area contributed by atoms with Gasteiger partial charge in [-0.1, -0.05) is 31.3 Å². The molecule has 0 radical (unpaired) electrons. The molecule has 0 fully saturated rings. The van der Waals surface area contributed by atoms with E-state index in [9.17, 15) is 13.2 Å². The first-order valence-corrected chi connectivity index (χ1v) is 6.51. The van der Waals surface area contributed by atoms with Crippen molar-refractivity contribution in [2.24, 2.45) is 0 Å². The van der Waals surface area contributed by atoms with Crippen LogP contribution in [0.2, 0.25) is 0 Å². The minimum atomic E-state index is -4.33. The maximum atomic E-state index is 12.5. The Bertz CT molecular complexity index is 672. The molecule has 2 rings (SSSR count). The Morgan fingerprint density at radius 1 is 1.20 bits per heavy atom. The molecule has 0 aliphatic heterocycles.